The average molecular weight is 427 g/mol. The largest absolute Gasteiger partial charge is 0.468 e. The Morgan fingerprint density at radius 3 is 2.33 bits per heavy atom. The van der Waals surface area contributed by atoms with Crippen molar-refractivity contribution in [3.63, 3.8) is 0 Å². The first kappa shape index (κ1) is 24.4. The lowest BCUT2D eigenvalue weighted by Crippen LogP contribution is -2.51. The van der Waals surface area contributed by atoms with E-state index < -0.39 is 41.3 Å². The Morgan fingerprint density at radius 2 is 1.87 bits per heavy atom. The summed E-state index contributed by atoms with van der Waals surface area (Å²) in [4.78, 5) is 41.8. The third-order valence-electron chi connectivity index (χ3n) is 5.71. The molecule has 2 aliphatic heterocycles. The molecule has 0 aliphatic carbocycles. The molecule has 30 heavy (non-hydrogen) atoms. The predicted molar refractivity (Wildman–Crippen MR) is 112 cm³/mol. The van der Waals surface area contributed by atoms with Crippen LogP contribution in [0.2, 0.25) is 0 Å². The molecule has 2 amide bonds. The highest BCUT2D eigenvalue weighted by Crippen LogP contribution is 2.43. The number of amides is 2. The fourth-order valence-electron chi connectivity index (χ4n) is 4.59. The van der Waals surface area contributed by atoms with E-state index in [1.54, 1.807) is 9.80 Å². The summed E-state index contributed by atoms with van der Waals surface area (Å²) in [7, 11) is 1.29. The minimum atomic E-state index is -0.935. The maximum atomic E-state index is 13.1. The van der Waals surface area contributed by atoms with Crippen LogP contribution in [0.4, 0.5) is 4.79 Å². The van der Waals surface area contributed by atoms with Gasteiger partial charge in [0.1, 0.15) is 17.2 Å². The molecule has 8 nitrogen and oxygen atoms in total. The molecular weight excluding hydrogens is 388 g/mol. The van der Waals surface area contributed by atoms with Crippen LogP contribution in [0.3, 0.4) is 0 Å². The van der Waals surface area contributed by atoms with E-state index in [4.69, 9.17) is 14.2 Å². The number of carbonyl (C=O) groups excluding carboxylic acids is 3. The van der Waals surface area contributed by atoms with Gasteiger partial charge >= 0.3 is 12.1 Å². The molecular formula is C22H38N2O6. The van der Waals surface area contributed by atoms with E-state index in [1.807, 2.05) is 41.5 Å². The smallest absolute Gasteiger partial charge is 0.412 e. The molecule has 0 bridgehead atoms. The van der Waals surface area contributed by atoms with Crippen molar-refractivity contribution in [2.24, 2.45) is 17.8 Å². The molecule has 0 aromatic rings. The van der Waals surface area contributed by atoms with E-state index in [9.17, 15) is 14.4 Å². The van der Waals surface area contributed by atoms with Gasteiger partial charge in [0.25, 0.3) is 0 Å². The summed E-state index contributed by atoms with van der Waals surface area (Å²) in [5, 5.41) is 0. The van der Waals surface area contributed by atoms with Gasteiger partial charge in [0.15, 0.2) is 0 Å². The van der Waals surface area contributed by atoms with Gasteiger partial charge in [0, 0.05) is 19.0 Å². The number of rotatable bonds is 5. The van der Waals surface area contributed by atoms with Crippen molar-refractivity contribution in [2.45, 2.75) is 85.3 Å². The molecule has 0 unspecified atom stereocenters. The van der Waals surface area contributed by atoms with Crippen LogP contribution in [0.15, 0.2) is 0 Å². The molecule has 0 saturated carbocycles. The molecule has 0 aromatic carbocycles. The Balaban J connectivity index is 2.45. The first-order valence-electron chi connectivity index (χ1n) is 10.8. The van der Waals surface area contributed by atoms with Gasteiger partial charge < -0.3 is 19.1 Å². The lowest BCUT2D eigenvalue weighted by atomic mass is 9.84. The van der Waals surface area contributed by atoms with Gasteiger partial charge in [-0.2, -0.15) is 0 Å². The Kier molecular flexibility index (Phi) is 7.11. The van der Waals surface area contributed by atoms with Crippen molar-refractivity contribution in [2.75, 3.05) is 20.2 Å². The van der Waals surface area contributed by atoms with Crippen LogP contribution in [0, 0.1) is 17.8 Å². The quantitative estimate of drug-likeness (QED) is 0.496. The number of esters is 1. The van der Waals surface area contributed by atoms with E-state index in [2.05, 4.69) is 13.8 Å². The third kappa shape index (κ3) is 4.90. The number of hydrogen-bond acceptors (Lipinski definition) is 6. The van der Waals surface area contributed by atoms with Gasteiger partial charge in [-0.1, -0.05) is 13.8 Å². The summed E-state index contributed by atoms with van der Waals surface area (Å²) in [6.45, 7) is 16.1. The van der Waals surface area contributed by atoms with Crippen molar-refractivity contribution >= 4 is 18.0 Å². The predicted octanol–water partition coefficient (Wildman–Crippen LogP) is 3.04. The summed E-state index contributed by atoms with van der Waals surface area (Å²) < 4.78 is 17.0. The van der Waals surface area contributed by atoms with Crippen LogP contribution in [-0.4, -0.2) is 71.4 Å². The lowest BCUT2D eigenvalue weighted by Gasteiger charge is -2.36. The maximum absolute atomic E-state index is 13.1. The van der Waals surface area contributed by atoms with Gasteiger partial charge in [0.05, 0.1) is 19.3 Å². The fraction of sp³-hybridized carbons (Fsp3) is 0.864. The summed E-state index contributed by atoms with van der Waals surface area (Å²) in [6, 6.07) is -0.323. The first-order chi connectivity index (χ1) is 13.7. The number of hydrogen-bond donors (Lipinski definition) is 0. The molecule has 8 heteroatoms. The molecule has 2 rings (SSSR count). The van der Waals surface area contributed by atoms with Gasteiger partial charge in [-0.25, -0.2) is 4.79 Å². The summed E-state index contributed by atoms with van der Waals surface area (Å²) in [6.07, 6.45) is -0.274. The van der Waals surface area contributed by atoms with Crippen LogP contribution < -0.4 is 0 Å². The SMILES string of the molecule is CCN1C[C@H]([C@@H]2OC(C)(C)N(C(=O)OC(C)(C)C)[C@H]2CC(C)C)[C@@H](C(=O)OC)C1=O. The normalized spacial score (nSPS) is 28.9. The van der Waals surface area contributed by atoms with Gasteiger partial charge in [-0.15, -0.1) is 0 Å². The summed E-state index contributed by atoms with van der Waals surface area (Å²) >= 11 is 0. The summed E-state index contributed by atoms with van der Waals surface area (Å²) in [5.41, 5.74) is -1.58. The van der Waals surface area contributed by atoms with E-state index >= 15 is 0 Å². The second-order valence-electron chi connectivity index (χ2n) is 10.1. The Bertz CT molecular complexity index is 669. The zero-order valence-corrected chi connectivity index (χ0v) is 19.9. The minimum absolute atomic E-state index is 0.241. The Hall–Kier alpha value is -1.83. The number of likely N-dealkylation sites (tertiary alicyclic amines) is 1. The van der Waals surface area contributed by atoms with Gasteiger partial charge in [0.2, 0.25) is 5.91 Å². The second kappa shape index (κ2) is 8.73. The van der Waals surface area contributed by atoms with Crippen molar-refractivity contribution in [1.29, 1.82) is 0 Å². The van der Waals surface area contributed by atoms with Crippen LogP contribution in [0.25, 0.3) is 0 Å². The monoisotopic (exact) mass is 426 g/mol. The highest BCUT2D eigenvalue weighted by Gasteiger charge is 2.59. The van der Waals surface area contributed by atoms with Crippen LogP contribution >= 0.6 is 0 Å². The lowest BCUT2D eigenvalue weighted by molar-refractivity contribution is -0.154. The first-order valence-corrected chi connectivity index (χ1v) is 10.8. The molecule has 2 aliphatic rings. The van der Waals surface area contributed by atoms with Crippen LogP contribution in [-0.2, 0) is 23.8 Å². The van der Waals surface area contributed by atoms with E-state index in [-0.39, 0.29) is 17.9 Å². The number of ether oxygens (including phenoxy) is 3. The van der Waals surface area contributed by atoms with E-state index in [0.717, 1.165) is 0 Å². The Morgan fingerprint density at radius 1 is 1.27 bits per heavy atom. The van der Waals surface area contributed by atoms with Crippen molar-refractivity contribution < 1.29 is 28.6 Å². The Labute approximate surface area is 180 Å². The van der Waals surface area contributed by atoms with E-state index in [0.29, 0.717) is 19.5 Å². The molecule has 0 N–H and O–H groups in total. The minimum Gasteiger partial charge on any atom is -0.468 e. The standard InChI is InChI=1S/C22H38N2O6/c1-10-23-12-14(16(18(23)25)19(26)28-9)17-15(11-13(2)3)24(22(7,8)29-17)20(27)30-21(4,5)6/h13-17H,10-12H2,1-9H3/t14-,15-,16+,17-/m0/s1. The van der Waals surface area contributed by atoms with Crippen molar-refractivity contribution in [3.05, 3.63) is 0 Å². The van der Waals surface area contributed by atoms with Gasteiger partial charge in [-0.05, 0) is 53.9 Å². The van der Waals surface area contributed by atoms with Gasteiger partial charge in [-0.3, -0.25) is 14.5 Å². The zero-order chi connectivity index (χ0) is 23.0. The summed E-state index contributed by atoms with van der Waals surface area (Å²) in [5.74, 6) is -1.85. The van der Waals surface area contributed by atoms with Crippen LogP contribution in [0.5, 0.6) is 0 Å². The second-order valence-corrected chi connectivity index (χ2v) is 10.1. The number of carbonyl (C=O) groups is 3. The third-order valence-corrected chi connectivity index (χ3v) is 5.71. The van der Waals surface area contributed by atoms with Crippen molar-refractivity contribution in [1.82, 2.24) is 9.80 Å². The maximum Gasteiger partial charge on any atom is 0.412 e. The molecule has 2 fully saturated rings. The molecule has 2 saturated heterocycles. The average Bonchev–Trinajstić information content (AvgIpc) is 3.05. The van der Waals surface area contributed by atoms with Crippen molar-refractivity contribution in [3.8, 4) is 0 Å². The zero-order valence-electron chi connectivity index (χ0n) is 19.9. The molecule has 172 valence electrons. The molecule has 2 heterocycles. The van der Waals surface area contributed by atoms with E-state index in [1.165, 1.54) is 7.11 Å². The van der Waals surface area contributed by atoms with Crippen LogP contribution in [0.1, 0.15) is 61.8 Å². The number of methoxy groups -OCH3 is 1. The molecule has 4 atom stereocenters. The molecule has 0 radical (unpaired) electrons. The highest BCUT2D eigenvalue weighted by molar-refractivity contribution is 5.99. The molecule has 0 spiro atoms. The highest BCUT2D eigenvalue weighted by atomic mass is 16.6. The fourth-order valence-corrected chi connectivity index (χ4v) is 4.59. The molecule has 0 aromatic heterocycles. The number of nitrogens with zero attached hydrogens (tertiary/aromatic N) is 2. The topological polar surface area (TPSA) is 85.4 Å².